The van der Waals surface area contributed by atoms with Crippen LogP contribution in [0.15, 0.2) is 53.3 Å². The fourth-order valence-electron chi connectivity index (χ4n) is 2.07. The molecule has 0 unspecified atom stereocenters. The number of rotatable bonds is 2. The molecule has 20 heavy (non-hydrogen) atoms. The van der Waals surface area contributed by atoms with Crippen molar-refractivity contribution in [1.29, 1.82) is 0 Å². The lowest BCUT2D eigenvalue weighted by Crippen LogP contribution is -2.12. The molecule has 2 N–H and O–H groups in total. The smallest absolute Gasteiger partial charge is 0.249 e. The zero-order valence-corrected chi connectivity index (χ0v) is 12.0. The summed E-state index contributed by atoms with van der Waals surface area (Å²) in [5.74, 6) is -0.467. The van der Waals surface area contributed by atoms with Gasteiger partial charge in [0.2, 0.25) is 5.91 Å². The minimum Gasteiger partial charge on any atom is -0.366 e. The number of benzene rings is 1. The predicted molar refractivity (Wildman–Crippen MR) is 81.2 cm³/mol. The van der Waals surface area contributed by atoms with Gasteiger partial charge >= 0.3 is 0 Å². The van der Waals surface area contributed by atoms with Gasteiger partial charge in [-0.05, 0) is 36.4 Å². The van der Waals surface area contributed by atoms with Gasteiger partial charge < -0.3 is 5.73 Å². The summed E-state index contributed by atoms with van der Waals surface area (Å²) < 4.78 is 0.881. The van der Waals surface area contributed by atoms with E-state index in [-0.39, 0.29) is 0 Å². The Labute approximate surface area is 123 Å². The maximum absolute atomic E-state index is 11.7. The Hall–Kier alpha value is -2.27. The van der Waals surface area contributed by atoms with Crippen molar-refractivity contribution >= 4 is 32.7 Å². The molecule has 3 rings (SSSR count). The number of hydrogen-bond donors (Lipinski definition) is 1. The van der Waals surface area contributed by atoms with Gasteiger partial charge in [0.1, 0.15) is 0 Å². The van der Waals surface area contributed by atoms with Crippen LogP contribution in [-0.2, 0) is 0 Å². The van der Waals surface area contributed by atoms with Crippen molar-refractivity contribution in [2.24, 2.45) is 5.73 Å². The average molecular weight is 328 g/mol. The van der Waals surface area contributed by atoms with E-state index in [0.29, 0.717) is 11.3 Å². The molecule has 5 heteroatoms. The number of nitrogens with zero attached hydrogens (tertiary/aromatic N) is 2. The van der Waals surface area contributed by atoms with Crippen molar-refractivity contribution in [2.45, 2.75) is 0 Å². The van der Waals surface area contributed by atoms with Crippen LogP contribution in [0.25, 0.3) is 22.2 Å². The number of amides is 1. The van der Waals surface area contributed by atoms with E-state index in [1.54, 1.807) is 18.5 Å². The maximum Gasteiger partial charge on any atom is 0.249 e. The van der Waals surface area contributed by atoms with Crippen LogP contribution in [0.1, 0.15) is 10.4 Å². The van der Waals surface area contributed by atoms with Gasteiger partial charge in [0.15, 0.2) is 0 Å². The van der Waals surface area contributed by atoms with Gasteiger partial charge in [-0.25, -0.2) is 4.98 Å². The minimum absolute atomic E-state index is 0.461. The molecule has 2 heterocycles. The third-order valence-corrected chi connectivity index (χ3v) is 3.51. The lowest BCUT2D eigenvalue weighted by Gasteiger charge is -2.08. The van der Waals surface area contributed by atoms with Crippen LogP contribution in [0, 0.1) is 0 Å². The van der Waals surface area contributed by atoms with Crippen molar-refractivity contribution in [3.05, 3.63) is 58.8 Å². The molecular weight excluding hydrogens is 318 g/mol. The number of nitrogens with two attached hydrogens (primary N) is 1. The Kier molecular flexibility index (Phi) is 3.20. The molecule has 0 saturated carbocycles. The second kappa shape index (κ2) is 5.02. The molecule has 2 aromatic heterocycles. The zero-order valence-electron chi connectivity index (χ0n) is 10.4. The van der Waals surface area contributed by atoms with E-state index in [1.165, 1.54) is 0 Å². The van der Waals surface area contributed by atoms with E-state index in [2.05, 4.69) is 25.9 Å². The highest BCUT2D eigenvalue weighted by Gasteiger charge is 2.11. The highest BCUT2D eigenvalue weighted by molar-refractivity contribution is 9.10. The van der Waals surface area contributed by atoms with Gasteiger partial charge in [-0.1, -0.05) is 15.9 Å². The average Bonchev–Trinajstić information content (AvgIpc) is 2.47. The summed E-state index contributed by atoms with van der Waals surface area (Å²) >= 11 is 3.39. The Morgan fingerprint density at radius 2 is 1.85 bits per heavy atom. The summed E-state index contributed by atoms with van der Waals surface area (Å²) in [6.45, 7) is 0. The van der Waals surface area contributed by atoms with Crippen LogP contribution in [0.2, 0.25) is 0 Å². The third kappa shape index (κ3) is 2.28. The van der Waals surface area contributed by atoms with Crippen molar-refractivity contribution in [1.82, 2.24) is 9.97 Å². The Morgan fingerprint density at radius 3 is 2.55 bits per heavy atom. The number of aromatic nitrogens is 2. The molecule has 0 spiro atoms. The van der Waals surface area contributed by atoms with Crippen LogP contribution < -0.4 is 5.73 Å². The lowest BCUT2D eigenvalue weighted by molar-refractivity contribution is 0.100. The molecule has 0 atom stereocenters. The Balaban J connectivity index is 2.32. The van der Waals surface area contributed by atoms with Crippen LogP contribution >= 0.6 is 15.9 Å². The molecule has 0 aliphatic heterocycles. The van der Waals surface area contributed by atoms with Crippen LogP contribution in [-0.4, -0.2) is 15.9 Å². The molecule has 4 nitrogen and oxygen atoms in total. The first-order valence-corrected chi connectivity index (χ1v) is 6.75. The number of pyridine rings is 2. The third-order valence-electron chi connectivity index (χ3n) is 3.01. The molecule has 1 aromatic carbocycles. The molecule has 3 aromatic rings. The Bertz CT molecular complexity index is 803. The van der Waals surface area contributed by atoms with E-state index in [4.69, 9.17) is 5.73 Å². The van der Waals surface area contributed by atoms with Crippen molar-refractivity contribution in [3.63, 3.8) is 0 Å². The first-order valence-electron chi connectivity index (χ1n) is 5.95. The first kappa shape index (κ1) is 12.7. The predicted octanol–water partition coefficient (Wildman–Crippen LogP) is 3.16. The van der Waals surface area contributed by atoms with Crippen LogP contribution in [0.5, 0.6) is 0 Å². The molecule has 0 bridgehead atoms. The highest BCUT2D eigenvalue weighted by atomic mass is 79.9. The lowest BCUT2D eigenvalue weighted by atomic mass is 10.0. The monoisotopic (exact) mass is 327 g/mol. The van der Waals surface area contributed by atoms with E-state index in [0.717, 1.165) is 20.9 Å². The van der Waals surface area contributed by atoms with Gasteiger partial charge in [-0.3, -0.25) is 9.78 Å². The molecule has 0 aliphatic rings. The van der Waals surface area contributed by atoms with Gasteiger partial charge in [-0.15, -0.1) is 0 Å². The summed E-state index contributed by atoms with van der Waals surface area (Å²) in [6, 6.07) is 11.0. The van der Waals surface area contributed by atoms with E-state index < -0.39 is 5.91 Å². The molecule has 98 valence electrons. The fourth-order valence-corrected chi connectivity index (χ4v) is 2.43. The van der Waals surface area contributed by atoms with Crippen molar-refractivity contribution in [3.8, 4) is 11.3 Å². The van der Waals surface area contributed by atoms with E-state index in [1.807, 2.05) is 30.3 Å². The largest absolute Gasteiger partial charge is 0.366 e. The normalized spacial score (nSPS) is 10.7. The summed E-state index contributed by atoms with van der Waals surface area (Å²) in [5.41, 5.74) is 8.28. The summed E-state index contributed by atoms with van der Waals surface area (Å²) in [7, 11) is 0. The highest BCUT2D eigenvalue weighted by Crippen LogP contribution is 2.26. The molecule has 0 saturated heterocycles. The maximum atomic E-state index is 11.7. The number of halogens is 1. The summed E-state index contributed by atoms with van der Waals surface area (Å²) in [4.78, 5) is 20.2. The van der Waals surface area contributed by atoms with Crippen LogP contribution in [0.3, 0.4) is 0 Å². The number of primary amides is 1. The van der Waals surface area contributed by atoms with Crippen molar-refractivity contribution < 1.29 is 4.79 Å². The number of carbonyl (C=O) groups is 1. The second-order valence-electron chi connectivity index (χ2n) is 4.32. The molecule has 0 fully saturated rings. The summed E-state index contributed by atoms with van der Waals surface area (Å²) in [6.07, 6.45) is 3.37. The van der Waals surface area contributed by atoms with Gasteiger partial charge in [0, 0.05) is 27.8 Å². The second-order valence-corrected chi connectivity index (χ2v) is 5.23. The standard InChI is InChI=1S/C15H10BrN3O/c16-10-1-2-13-11(7-10)12(15(17)20)8-14(19-13)9-3-5-18-6-4-9/h1-8H,(H2,17,20). The number of fused-ring (bicyclic) bond motifs is 1. The molecule has 0 aliphatic carbocycles. The van der Waals surface area contributed by atoms with Gasteiger partial charge in [-0.2, -0.15) is 0 Å². The number of hydrogen-bond acceptors (Lipinski definition) is 3. The summed E-state index contributed by atoms with van der Waals surface area (Å²) in [5, 5.41) is 0.740. The van der Waals surface area contributed by atoms with Gasteiger partial charge in [0.05, 0.1) is 16.8 Å². The van der Waals surface area contributed by atoms with Crippen molar-refractivity contribution in [2.75, 3.05) is 0 Å². The molecule has 1 amide bonds. The van der Waals surface area contributed by atoms with E-state index >= 15 is 0 Å². The number of carbonyl (C=O) groups excluding carboxylic acids is 1. The first-order chi connectivity index (χ1) is 9.65. The molecule has 0 radical (unpaired) electrons. The minimum atomic E-state index is -0.467. The topological polar surface area (TPSA) is 68.9 Å². The zero-order chi connectivity index (χ0) is 14.1. The SMILES string of the molecule is NC(=O)c1cc(-c2ccncc2)nc2ccc(Br)cc12. The van der Waals surface area contributed by atoms with Gasteiger partial charge in [0.25, 0.3) is 0 Å². The van der Waals surface area contributed by atoms with E-state index in [9.17, 15) is 4.79 Å². The Morgan fingerprint density at radius 1 is 1.10 bits per heavy atom. The quantitative estimate of drug-likeness (QED) is 0.786. The fraction of sp³-hybridized carbons (Fsp3) is 0. The molecular formula is C15H10BrN3O. The van der Waals surface area contributed by atoms with Crippen LogP contribution in [0.4, 0.5) is 0 Å².